The SMILES string of the molecule is C[C@H](CO)CC[C@@H](O)[C@](C)(O)[C@H]1CC[C@@]2(O)C3=CC(=O)[C@@H]4C[C@@H](O)[C@@H](O)C[C@]4(C)[C@H]3CC[C@]12C. The van der Waals surface area contributed by atoms with Gasteiger partial charge in [-0.3, -0.25) is 4.79 Å². The van der Waals surface area contributed by atoms with Gasteiger partial charge in [-0.2, -0.15) is 0 Å². The van der Waals surface area contributed by atoms with Gasteiger partial charge in [0.25, 0.3) is 0 Å². The van der Waals surface area contributed by atoms with E-state index in [0.717, 1.165) is 12.0 Å². The molecule has 0 saturated heterocycles. The molecule has 7 heteroatoms. The van der Waals surface area contributed by atoms with Gasteiger partial charge in [-0.25, -0.2) is 0 Å². The molecule has 0 amide bonds. The largest absolute Gasteiger partial charge is 0.396 e. The molecule has 0 bridgehead atoms. The summed E-state index contributed by atoms with van der Waals surface area (Å²) in [6, 6.07) is 0. The fourth-order valence-electron chi connectivity index (χ4n) is 8.37. The summed E-state index contributed by atoms with van der Waals surface area (Å²) < 4.78 is 0. The number of aliphatic hydroxyl groups is 6. The van der Waals surface area contributed by atoms with Crippen LogP contribution in [0.1, 0.15) is 79.1 Å². The molecule has 3 fully saturated rings. The first-order valence-electron chi connectivity index (χ1n) is 13.1. The van der Waals surface area contributed by atoms with E-state index in [1.807, 2.05) is 20.8 Å². The highest BCUT2D eigenvalue weighted by molar-refractivity contribution is 5.95. The first-order valence-corrected chi connectivity index (χ1v) is 13.1. The van der Waals surface area contributed by atoms with Crippen LogP contribution in [-0.4, -0.2) is 72.5 Å². The minimum absolute atomic E-state index is 0.0326. The Bertz CT molecular complexity index is 839. The summed E-state index contributed by atoms with van der Waals surface area (Å²) in [6.45, 7) is 7.59. The van der Waals surface area contributed by atoms with Crippen LogP contribution in [0.15, 0.2) is 11.6 Å². The van der Waals surface area contributed by atoms with Crippen molar-refractivity contribution in [1.29, 1.82) is 0 Å². The number of carbonyl (C=O) groups is 1. The highest BCUT2D eigenvalue weighted by Gasteiger charge is 2.69. The van der Waals surface area contributed by atoms with Gasteiger partial charge in [0.2, 0.25) is 0 Å². The Morgan fingerprint density at radius 2 is 1.79 bits per heavy atom. The molecular weight excluding hydrogens is 436 g/mol. The van der Waals surface area contributed by atoms with E-state index in [4.69, 9.17) is 0 Å². The van der Waals surface area contributed by atoms with Gasteiger partial charge in [0.05, 0.1) is 29.5 Å². The minimum Gasteiger partial charge on any atom is -0.396 e. The van der Waals surface area contributed by atoms with Gasteiger partial charge >= 0.3 is 0 Å². The van der Waals surface area contributed by atoms with Crippen LogP contribution in [0.5, 0.6) is 0 Å². The Balaban J connectivity index is 1.65. The second kappa shape index (κ2) is 8.63. The van der Waals surface area contributed by atoms with Crippen LogP contribution >= 0.6 is 0 Å². The van der Waals surface area contributed by atoms with Gasteiger partial charge in [0.15, 0.2) is 5.78 Å². The minimum atomic E-state index is -1.42. The maximum atomic E-state index is 13.3. The Labute approximate surface area is 202 Å². The van der Waals surface area contributed by atoms with Crippen LogP contribution in [-0.2, 0) is 4.79 Å². The molecular formula is C27H44O7. The lowest BCUT2D eigenvalue weighted by atomic mass is 9.45. The molecule has 7 nitrogen and oxygen atoms in total. The zero-order valence-corrected chi connectivity index (χ0v) is 21.1. The molecule has 194 valence electrons. The summed E-state index contributed by atoms with van der Waals surface area (Å²) in [7, 11) is 0. The van der Waals surface area contributed by atoms with Crippen LogP contribution in [0.2, 0.25) is 0 Å². The average molecular weight is 481 g/mol. The maximum absolute atomic E-state index is 13.3. The van der Waals surface area contributed by atoms with E-state index in [9.17, 15) is 35.4 Å². The Morgan fingerprint density at radius 1 is 1.12 bits per heavy atom. The lowest BCUT2D eigenvalue weighted by Crippen LogP contribution is -2.62. The molecule has 0 aliphatic heterocycles. The van der Waals surface area contributed by atoms with E-state index in [0.29, 0.717) is 38.5 Å². The molecule has 34 heavy (non-hydrogen) atoms. The molecule has 0 aromatic rings. The first-order chi connectivity index (χ1) is 15.7. The molecule has 3 saturated carbocycles. The molecule has 6 N–H and O–H groups in total. The van der Waals surface area contributed by atoms with E-state index in [-0.39, 0.29) is 42.5 Å². The number of ketones is 1. The predicted octanol–water partition coefficient (Wildman–Crippen LogP) is 1.71. The topological polar surface area (TPSA) is 138 Å². The van der Waals surface area contributed by atoms with Gasteiger partial charge in [-0.15, -0.1) is 0 Å². The van der Waals surface area contributed by atoms with Crippen LogP contribution in [0.25, 0.3) is 0 Å². The smallest absolute Gasteiger partial charge is 0.159 e. The number of fused-ring (bicyclic) bond motifs is 5. The lowest BCUT2D eigenvalue weighted by Gasteiger charge is -2.60. The molecule has 4 rings (SSSR count). The third kappa shape index (κ3) is 3.65. The molecule has 0 radical (unpaired) electrons. The van der Waals surface area contributed by atoms with Crippen LogP contribution in [0.3, 0.4) is 0 Å². The molecule has 4 aliphatic rings. The first kappa shape index (κ1) is 26.2. The van der Waals surface area contributed by atoms with E-state index in [1.54, 1.807) is 13.0 Å². The van der Waals surface area contributed by atoms with Crippen molar-refractivity contribution in [1.82, 2.24) is 0 Å². The van der Waals surface area contributed by atoms with Crippen molar-refractivity contribution in [3.63, 3.8) is 0 Å². The molecule has 0 spiro atoms. The van der Waals surface area contributed by atoms with Crippen molar-refractivity contribution in [2.75, 3.05) is 6.61 Å². The number of rotatable bonds is 6. The van der Waals surface area contributed by atoms with Crippen LogP contribution in [0.4, 0.5) is 0 Å². The quantitative estimate of drug-likeness (QED) is 0.340. The third-order valence-corrected chi connectivity index (χ3v) is 10.7. The third-order valence-electron chi connectivity index (χ3n) is 10.7. The van der Waals surface area contributed by atoms with E-state index >= 15 is 0 Å². The molecule has 0 aromatic carbocycles. The summed E-state index contributed by atoms with van der Waals surface area (Å²) in [6.07, 6.45) is 2.65. The lowest BCUT2D eigenvalue weighted by molar-refractivity contribution is -0.176. The standard InChI is InChI=1S/C27H44O7/c1-15(14-28)5-6-23(32)26(4,33)22-8-10-27(34)17-11-19(29)18-12-20(30)21(31)13-24(18,2)16(17)7-9-25(22,27)3/h11,15-16,18,20-23,28,30-34H,5-10,12-14H2,1-4H3/t15-,16-,18-,20+,21-,22-,23+,24+,25+,26+,27+/m0/s1. The van der Waals surface area contributed by atoms with Crippen molar-refractivity contribution in [3.8, 4) is 0 Å². The normalized spacial score (nSPS) is 47.6. The molecule has 0 aromatic heterocycles. The van der Waals surface area contributed by atoms with Crippen LogP contribution in [0, 0.1) is 34.5 Å². The monoisotopic (exact) mass is 480 g/mol. The molecule has 11 atom stereocenters. The average Bonchev–Trinajstić information content (AvgIpc) is 3.06. The van der Waals surface area contributed by atoms with Crippen molar-refractivity contribution in [3.05, 3.63) is 11.6 Å². The van der Waals surface area contributed by atoms with Gasteiger partial charge in [-0.1, -0.05) is 20.8 Å². The van der Waals surface area contributed by atoms with Crippen LogP contribution < -0.4 is 0 Å². The summed E-state index contributed by atoms with van der Waals surface area (Å²) in [5.74, 6) is -0.859. The highest BCUT2D eigenvalue weighted by Crippen LogP contribution is 2.68. The van der Waals surface area contributed by atoms with Crippen molar-refractivity contribution in [2.24, 2.45) is 34.5 Å². The number of hydrogen-bond donors (Lipinski definition) is 6. The maximum Gasteiger partial charge on any atom is 0.159 e. The summed E-state index contributed by atoms with van der Waals surface area (Å²) in [4.78, 5) is 13.3. The summed E-state index contributed by atoms with van der Waals surface area (Å²) in [5.41, 5.74) is -3.21. The van der Waals surface area contributed by atoms with Gasteiger partial charge in [0, 0.05) is 17.9 Å². The van der Waals surface area contributed by atoms with Crippen molar-refractivity contribution >= 4 is 5.78 Å². The fourth-order valence-corrected chi connectivity index (χ4v) is 8.37. The number of aliphatic hydroxyl groups excluding tert-OH is 4. The Hall–Kier alpha value is -0.830. The van der Waals surface area contributed by atoms with Gasteiger partial charge in [-0.05, 0) is 93.1 Å². The molecule has 0 heterocycles. The Kier molecular flexibility index (Phi) is 6.66. The summed E-state index contributed by atoms with van der Waals surface area (Å²) >= 11 is 0. The molecule has 4 aliphatic carbocycles. The predicted molar refractivity (Wildman–Crippen MR) is 127 cm³/mol. The second-order valence-corrected chi connectivity index (χ2v) is 12.7. The van der Waals surface area contributed by atoms with E-state index in [2.05, 4.69) is 0 Å². The zero-order valence-electron chi connectivity index (χ0n) is 21.1. The Morgan fingerprint density at radius 3 is 2.44 bits per heavy atom. The van der Waals surface area contributed by atoms with Gasteiger partial charge in [0.1, 0.15) is 0 Å². The second-order valence-electron chi connectivity index (χ2n) is 12.7. The van der Waals surface area contributed by atoms with Crippen molar-refractivity contribution in [2.45, 2.75) is 109 Å². The number of hydrogen-bond acceptors (Lipinski definition) is 7. The number of allylic oxidation sites excluding steroid dienone is 1. The highest BCUT2D eigenvalue weighted by atomic mass is 16.3. The van der Waals surface area contributed by atoms with Gasteiger partial charge < -0.3 is 30.6 Å². The van der Waals surface area contributed by atoms with E-state index in [1.165, 1.54) is 0 Å². The number of carbonyl (C=O) groups excluding carboxylic acids is 1. The zero-order chi connectivity index (χ0) is 25.3. The van der Waals surface area contributed by atoms with E-state index < -0.39 is 40.3 Å². The van der Waals surface area contributed by atoms with Crippen molar-refractivity contribution < 1.29 is 35.4 Å². The summed E-state index contributed by atoms with van der Waals surface area (Å²) in [5, 5.41) is 64.7. The fraction of sp³-hybridized carbons (Fsp3) is 0.889. The molecule has 0 unspecified atom stereocenters.